The minimum absolute atomic E-state index is 0.0974. The highest BCUT2D eigenvalue weighted by atomic mass is 32.2. The van der Waals surface area contributed by atoms with Crippen LogP contribution in [0.4, 0.5) is 9.52 Å². The number of nitrogens with one attached hydrogen (secondary N) is 1. The molecule has 102 valence electrons. The Morgan fingerprint density at radius 2 is 2.21 bits per heavy atom. The quantitative estimate of drug-likeness (QED) is 0.893. The number of thiazole rings is 1. The largest absolute Gasteiger partial charge is 0.387 e. The molecule has 6 nitrogen and oxygen atoms in total. The second kappa shape index (κ2) is 5.19. The molecule has 0 spiro atoms. The van der Waals surface area contributed by atoms with Gasteiger partial charge in [-0.2, -0.15) is 0 Å². The molecule has 2 aromatic rings. The van der Waals surface area contributed by atoms with Crippen molar-refractivity contribution in [2.75, 3.05) is 4.72 Å². The summed E-state index contributed by atoms with van der Waals surface area (Å²) in [7, 11) is -3.93. The number of aliphatic hydroxyl groups excluding tert-OH is 1. The highest BCUT2D eigenvalue weighted by Gasteiger charge is 2.18. The summed E-state index contributed by atoms with van der Waals surface area (Å²) < 4.78 is 39.0. The number of rotatable bonds is 4. The first kappa shape index (κ1) is 13.8. The zero-order valence-corrected chi connectivity index (χ0v) is 11.4. The average Bonchev–Trinajstić information content (AvgIpc) is 2.77. The monoisotopic (exact) mass is 303 g/mol. The summed E-state index contributed by atoms with van der Waals surface area (Å²) in [6, 6.07) is 0.860. The maximum absolute atomic E-state index is 12.9. The number of hydrogen-bond acceptors (Lipinski definition) is 6. The number of pyridine rings is 1. The van der Waals surface area contributed by atoms with E-state index in [9.17, 15) is 17.9 Å². The summed E-state index contributed by atoms with van der Waals surface area (Å²) in [6.45, 7) is 1.52. The molecule has 2 rings (SSSR count). The van der Waals surface area contributed by atoms with Gasteiger partial charge in [0, 0.05) is 11.6 Å². The van der Waals surface area contributed by atoms with Crippen molar-refractivity contribution in [1.29, 1.82) is 0 Å². The molecular weight excluding hydrogens is 293 g/mol. The number of hydrogen-bond donors (Lipinski definition) is 2. The lowest BCUT2D eigenvalue weighted by Gasteiger charge is -2.04. The fourth-order valence-corrected chi connectivity index (χ4v) is 3.26. The Hall–Kier alpha value is -1.58. The lowest BCUT2D eigenvalue weighted by atomic mass is 10.3. The molecule has 0 fully saturated rings. The maximum Gasteiger partial charge on any atom is 0.265 e. The molecule has 1 atom stereocenters. The van der Waals surface area contributed by atoms with Gasteiger partial charge < -0.3 is 5.11 Å². The number of aliphatic hydroxyl groups is 1. The molecule has 0 aliphatic rings. The Balaban J connectivity index is 2.26. The molecule has 9 heteroatoms. The van der Waals surface area contributed by atoms with Gasteiger partial charge in [0.1, 0.15) is 10.7 Å². The summed E-state index contributed by atoms with van der Waals surface area (Å²) >= 11 is 1.03. The Bertz CT molecular complexity index is 685. The Kier molecular flexibility index (Phi) is 3.78. The molecular formula is C10H10FN3O3S2. The van der Waals surface area contributed by atoms with Gasteiger partial charge in [-0.15, -0.1) is 11.3 Å². The third-order valence-corrected chi connectivity index (χ3v) is 4.37. The fraction of sp³-hybridized carbons (Fsp3) is 0.200. The number of halogens is 1. The predicted octanol–water partition coefficient (Wildman–Crippen LogP) is 1.53. The van der Waals surface area contributed by atoms with Gasteiger partial charge in [-0.1, -0.05) is 0 Å². The number of aromatic nitrogens is 2. The summed E-state index contributed by atoms with van der Waals surface area (Å²) in [6.07, 6.45) is 1.16. The highest BCUT2D eigenvalue weighted by molar-refractivity contribution is 7.93. The van der Waals surface area contributed by atoms with Gasteiger partial charge in [-0.3, -0.25) is 9.71 Å². The molecule has 0 aliphatic heterocycles. The van der Waals surface area contributed by atoms with E-state index in [1.807, 2.05) is 0 Å². The normalized spacial score (nSPS) is 13.2. The highest BCUT2D eigenvalue weighted by Crippen LogP contribution is 2.23. The Morgan fingerprint density at radius 1 is 1.47 bits per heavy atom. The van der Waals surface area contributed by atoms with Gasteiger partial charge in [0.2, 0.25) is 0 Å². The molecule has 2 N–H and O–H groups in total. The van der Waals surface area contributed by atoms with Crippen molar-refractivity contribution < 1.29 is 17.9 Å². The maximum atomic E-state index is 12.9. The SMILES string of the molecule is CC(O)c1csc(NS(=O)(=O)c2cncc(F)c2)n1. The summed E-state index contributed by atoms with van der Waals surface area (Å²) in [4.78, 5) is 7.09. The van der Waals surface area contributed by atoms with E-state index in [4.69, 9.17) is 0 Å². The van der Waals surface area contributed by atoms with Crippen molar-refractivity contribution in [3.63, 3.8) is 0 Å². The minimum atomic E-state index is -3.93. The van der Waals surface area contributed by atoms with Crippen LogP contribution < -0.4 is 4.72 Å². The van der Waals surface area contributed by atoms with Crippen LogP contribution in [0.2, 0.25) is 0 Å². The molecule has 2 aromatic heterocycles. The van der Waals surface area contributed by atoms with Crippen molar-refractivity contribution in [3.8, 4) is 0 Å². The molecule has 0 aromatic carbocycles. The molecule has 0 saturated carbocycles. The second-order valence-electron chi connectivity index (χ2n) is 3.70. The van der Waals surface area contributed by atoms with Gasteiger partial charge in [-0.05, 0) is 13.0 Å². The van der Waals surface area contributed by atoms with Crippen LogP contribution in [0.5, 0.6) is 0 Å². The van der Waals surface area contributed by atoms with E-state index in [0.717, 1.165) is 29.8 Å². The van der Waals surface area contributed by atoms with Crippen molar-refractivity contribution in [2.24, 2.45) is 0 Å². The van der Waals surface area contributed by atoms with E-state index in [1.165, 1.54) is 12.3 Å². The number of anilines is 1. The molecule has 0 radical (unpaired) electrons. The van der Waals surface area contributed by atoms with Crippen LogP contribution in [0.3, 0.4) is 0 Å². The first-order valence-electron chi connectivity index (χ1n) is 5.15. The zero-order chi connectivity index (χ0) is 14.0. The standard InChI is InChI=1S/C10H10FN3O3S2/c1-6(15)9-5-18-10(13-9)14-19(16,17)8-2-7(11)3-12-4-8/h2-6,15H,1H3,(H,13,14). The van der Waals surface area contributed by atoms with E-state index in [-0.39, 0.29) is 10.0 Å². The van der Waals surface area contributed by atoms with Gasteiger partial charge in [0.25, 0.3) is 10.0 Å². The van der Waals surface area contributed by atoms with Crippen LogP contribution in [0, 0.1) is 5.82 Å². The van der Waals surface area contributed by atoms with Crippen molar-refractivity contribution in [2.45, 2.75) is 17.9 Å². The molecule has 19 heavy (non-hydrogen) atoms. The topological polar surface area (TPSA) is 92.2 Å². The van der Waals surface area contributed by atoms with Crippen LogP contribution in [-0.4, -0.2) is 23.5 Å². The Labute approximate surface area is 113 Å². The van der Waals surface area contributed by atoms with Crippen molar-refractivity contribution >= 4 is 26.5 Å². The Morgan fingerprint density at radius 3 is 2.79 bits per heavy atom. The lowest BCUT2D eigenvalue weighted by Crippen LogP contribution is -2.13. The van der Waals surface area contributed by atoms with Gasteiger partial charge in [-0.25, -0.2) is 17.8 Å². The minimum Gasteiger partial charge on any atom is -0.387 e. The van der Waals surface area contributed by atoms with E-state index < -0.39 is 21.9 Å². The van der Waals surface area contributed by atoms with Gasteiger partial charge >= 0.3 is 0 Å². The van der Waals surface area contributed by atoms with E-state index in [2.05, 4.69) is 14.7 Å². The van der Waals surface area contributed by atoms with Crippen LogP contribution in [0.25, 0.3) is 0 Å². The summed E-state index contributed by atoms with van der Waals surface area (Å²) in [5, 5.41) is 10.9. The lowest BCUT2D eigenvalue weighted by molar-refractivity contribution is 0.195. The molecule has 2 heterocycles. The average molecular weight is 303 g/mol. The first-order valence-corrected chi connectivity index (χ1v) is 7.51. The molecule has 0 saturated heterocycles. The van der Waals surface area contributed by atoms with E-state index >= 15 is 0 Å². The molecule has 0 aliphatic carbocycles. The van der Waals surface area contributed by atoms with E-state index in [1.54, 1.807) is 0 Å². The third kappa shape index (κ3) is 3.25. The molecule has 1 unspecified atom stereocenters. The summed E-state index contributed by atoms with van der Waals surface area (Å²) in [5.41, 5.74) is 0.361. The van der Waals surface area contributed by atoms with Crippen LogP contribution in [0.15, 0.2) is 28.7 Å². The molecule has 0 amide bonds. The summed E-state index contributed by atoms with van der Waals surface area (Å²) in [5.74, 6) is -0.744. The van der Waals surface area contributed by atoms with Gasteiger partial charge in [0.15, 0.2) is 5.13 Å². The van der Waals surface area contributed by atoms with Crippen LogP contribution in [-0.2, 0) is 10.0 Å². The smallest absolute Gasteiger partial charge is 0.265 e. The molecule has 0 bridgehead atoms. The fourth-order valence-electron chi connectivity index (χ4n) is 1.24. The number of sulfonamides is 1. The van der Waals surface area contributed by atoms with Crippen LogP contribution >= 0.6 is 11.3 Å². The second-order valence-corrected chi connectivity index (χ2v) is 6.24. The first-order chi connectivity index (χ1) is 8.88. The van der Waals surface area contributed by atoms with Crippen molar-refractivity contribution in [1.82, 2.24) is 9.97 Å². The zero-order valence-electron chi connectivity index (χ0n) is 9.74. The van der Waals surface area contributed by atoms with E-state index in [0.29, 0.717) is 5.69 Å². The predicted molar refractivity (Wildman–Crippen MR) is 67.8 cm³/mol. The number of nitrogens with zero attached hydrogens (tertiary/aromatic N) is 2. The van der Waals surface area contributed by atoms with Crippen LogP contribution in [0.1, 0.15) is 18.7 Å². The third-order valence-electron chi connectivity index (χ3n) is 2.16. The van der Waals surface area contributed by atoms with Crippen molar-refractivity contribution in [3.05, 3.63) is 35.4 Å². The van der Waals surface area contributed by atoms with Gasteiger partial charge in [0.05, 0.1) is 18.0 Å².